The molecule has 0 amide bonds. The van der Waals surface area contributed by atoms with Gasteiger partial charge in [0.2, 0.25) is 10.0 Å². The molecule has 1 radical (unpaired) electrons. The summed E-state index contributed by atoms with van der Waals surface area (Å²) in [6.07, 6.45) is 2.84. The molecule has 2 rings (SSSR count). The summed E-state index contributed by atoms with van der Waals surface area (Å²) in [5.41, 5.74) is 0.0167. The van der Waals surface area contributed by atoms with Gasteiger partial charge in [0, 0.05) is 19.2 Å². The minimum atomic E-state index is -3.48. The zero-order chi connectivity index (χ0) is 12.3. The molecule has 1 fully saturated rings. The van der Waals surface area contributed by atoms with E-state index in [9.17, 15) is 13.3 Å². The second-order valence-corrected chi connectivity index (χ2v) is 5.90. The van der Waals surface area contributed by atoms with Crippen molar-refractivity contribution in [2.45, 2.75) is 24.2 Å². The van der Waals surface area contributed by atoms with Crippen LogP contribution in [0.1, 0.15) is 19.3 Å². The molecule has 0 atom stereocenters. The monoisotopic (exact) mass is 253 g/mol. The highest BCUT2D eigenvalue weighted by Gasteiger charge is 2.25. The molecule has 1 aromatic carbocycles. The van der Waals surface area contributed by atoms with Crippen molar-refractivity contribution in [2.75, 3.05) is 13.1 Å². The standard InChI is InChI=1S/C11H13N2O3S/c14-12-10-5-4-6-11(9-10)17(15,16)13-7-2-1-3-8-13/h4,6,9H,1-3,7-8H2. The van der Waals surface area contributed by atoms with Crippen molar-refractivity contribution in [3.63, 3.8) is 0 Å². The van der Waals surface area contributed by atoms with Gasteiger partial charge in [-0.3, -0.25) is 0 Å². The average Bonchev–Trinajstić information content (AvgIpc) is 2.40. The molecule has 1 heterocycles. The van der Waals surface area contributed by atoms with Crippen LogP contribution in [-0.4, -0.2) is 25.8 Å². The second-order valence-electron chi connectivity index (χ2n) is 3.97. The average molecular weight is 253 g/mol. The Kier molecular flexibility index (Phi) is 3.54. The number of rotatable bonds is 3. The maximum Gasteiger partial charge on any atom is 0.243 e. The molecule has 5 nitrogen and oxygen atoms in total. The van der Waals surface area contributed by atoms with Gasteiger partial charge >= 0.3 is 0 Å². The number of sulfonamides is 1. The third-order valence-electron chi connectivity index (χ3n) is 2.81. The maximum atomic E-state index is 12.2. The number of nitroso groups, excluding NO2 is 1. The number of hydrogen-bond donors (Lipinski definition) is 0. The lowest BCUT2D eigenvalue weighted by Gasteiger charge is -2.25. The highest BCUT2D eigenvalue weighted by Crippen LogP contribution is 2.23. The van der Waals surface area contributed by atoms with E-state index in [-0.39, 0.29) is 10.6 Å². The SMILES string of the molecule is O=Nc1[c]ccc(S(=O)(=O)N2CCCCC2)c1. The van der Waals surface area contributed by atoms with Crippen LogP contribution in [0.4, 0.5) is 5.69 Å². The van der Waals surface area contributed by atoms with Gasteiger partial charge in [-0.1, -0.05) is 12.5 Å². The van der Waals surface area contributed by atoms with E-state index in [1.807, 2.05) is 0 Å². The van der Waals surface area contributed by atoms with Gasteiger partial charge < -0.3 is 0 Å². The van der Waals surface area contributed by atoms with Crippen LogP contribution in [-0.2, 0) is 10.0 Å². The van der Waals surface area contributed by atoms with Crippen molar-refractivity contribution in [1.82, 2.24) is 4.31 Å². The van der Waals surface area contributed by atoms with Crippen LogP contribution in [0.5, 0.6) is 0 Å². The van der Waals surface area contributed by atoms with E-state index in [4.69, 9.17) is 0 Å². The Morgan fingerprint density at radius 3 is 2.59 bits per heavy atom. The van der Waals surface area contributed by atoms with Crippen LogP contribution in [0.2, 0.25) is 0 Å². The molecule has 0 N–H and O–H groups in total. The summed E-state index contributed by atoms with van der Waals surface area (Å²) >= 11 is 0. The van der Waals surface area contributed by atoms with Crippen LogP contribution in [0.25, 0.3) is 0 Å². The quantitative estimate of drug-likeness (QED) is 0.774. The fourth-order valence-corrected chi connectivity index (χ4v) is 3.44. The Morgan fingerprint density at radius 2 is 1.94 bits per heavy atom. The van der Waals surface area contributed by atoms with E-state index < -0.39 is 10.0 Å². The Hall–Kier alpha value is -1.27. The summed E-state index contributed by atoms with van der Waals surface area (Å²) < 4.78 is 25.9. The molecule has 1 aromatic rings. The van der Waals surface area contributed by atoms with E-state index in [0.29, 0.717) is 13.1 Å². The summed E-state index contributed by atoms with van der Waals surface area (Å²) in [4.78, 5) is 10.5. The van der Waals surface area contributed by atoms with Gasteiger partial charge in [0.25, 0.3) is 0 Å². The molecule has 0 unspecified atom stereocenters. The predicted molar refractivity (Wildman–Crippen MR) is 63.3 cm³/mol. The zero-order valence-electron chi connectivity index (χ0n) is 9.30. The van der Waals surface area contributed by atoms with Crippen molar-refractivity contribution in [2.24, 2.45) is 5.18 Å². The number of benzene rings is 1. The first-order valence-electron chi connectivity index (χ1n) is 5.50. The van der Waals surface area contributed by atoms with Gasteiger partial charge in [-0.15, -0.1) is 4.91 Å². The molecule has 0 spiro atoms. The van der Waals surface area contributed by atoms with E-state index in [1.165, 1.54) is 22.5 Å². The molecule has 0 aromatic heterocycles. The van der Waals surface area contributed by atoms with Crippen molar-refractivity contribution in [1.29, 1.82) is 0 Å². The van der Waals surface area contributed by atoms with Gasteiger partial charge in [-0.2, -0.15) is 4.31 Å². The summed E-state index contributed by atoms with van der Waals surface area (Å²) in [5.74, 6) is 0. The third kappa shape index (κ3) is 2.53. The zero-order valence-corrected chi connectivity index (χ0v) is 10.1. The van der Waals surface area contributed by atoms with Crippen LogP contribution < -0.4 is 0 Å². The summed E-state index contributed by atoms with van der Waals surface area (Å²) in [5, 5.41) is 2.70. The molecule has 1 aliphatic heterocycles. The molecule has 91 valence electrons. The van der Waals surface area contributed by atoms with Gasteiger partial charge in [0.15, 0.2) is 0 Å². The normalized spacial score (nSPS) is 17.9. The minimum Gasteiger partial charge on any atom is -0.207 e. The van der Waals surface area contributed by atoms with Crippen LogP contribution in [0, 0.1) is 11.0 Å². The third-order valence-corrected chi connectivity index (χ3v) is 4.70. The highest BCUT2D eigenvalue weighted by molar-refractivity contribution is 7.89. The first kappa shape index (κ1) is 12.2. The van der Waals surface area contributed by atoms with Crippen LogP contribution >= 0.6 is 0 Å². The van der Waals surface area contributed by atoms with Crippen molar-refractivity contribution in [3.05, 3.63) is 29.2 Å². The Balaban J connectivity index is 2.32. The molecule has 0 aliphatic carbocycles. The molecule has 1 saturated heterocycles. The number of piperidine rings is 1. The second kappa shape index (κ2) is 4.93. The molecule has 0 bridgehead atoms. The Labute approximate surface area is 100 Å². The van der Waals surface area contributed by atoms with Crippen LogP contribution in [0.15, 0.2) is 28.3 Å². The van der Waals surface area contributed by atoms with Crippen molar-refractivity contribution in [3.8, 4) is 0 Å². The lowest BCUT2D eigenvalue weighted by atomic mass is 10.2. The van der Waals surface area contributed by atoms with Gasteiger partial charge in [-0.25, -0.2) is 8.42 Å². The van der Waals surface area contributed by atoms with Gasteiger partial charge in [0.1, 0.15) is 5.69 Å². The van der Waals surface area contributed by atoms with Gasteiger partial charge in [0.05, 0.1) is 4.90 Å². The largest absolute Gasteiger partial charge is 0.243 e. The first-order valence-corrected chi connectivity index (χ1v) is 6.94. The van der Waals surface area contributed by atoms with E-state index >= 15 is 0 Å². The van der Waals surface area contributed by atoms with E-state index in [0.717, 1.165) is 19.3 Å². The molecular formula is C11H13N2O3S. The molecule has 0 saturated carbocycles. The molecule has 6 heteroatoms. The lowest BCUT2D eigenvalue weighted by Crippen LogP contribution is -2.35. The lowest BCUT2D eigenvalue weighted by molar-refractivity contribution is 0.346. The van der Waals surface area contributed by atoms with Gasteiger partial charge in [-0.05, 0) is 30.2 Å². The fourth-order valence-electron chi connectivity index (χ4n) is 1.90. The fraction of sp³-hybridized carbons (Fsp3) is 0.455. The highest BCUT2D eigenvalue weighted by atomic mass is 32.2. The van der Waals surface area contributed by atoms with Crippen molar-refractivity contribution < 1.29 is 8.42 Å². The molecule has 1 aliphatic rings. The Morgan fingerprint density at radius 1 is 1.24 bits per heavy atom. The Bertz CT molecular complexity index is 507. The maximum absolute atomic E-state index is 12.2. The number of nitrogens with zero attached hydrogens (tertiary/aromatic N) is 2. The summed E-state index contributed by atoms with van der Waals surface area (Å²) in [7, 11) is -3.48. The minimum absolute atomic E-state index is 0.0167. The number of hydrogen-bond acceptors (Lipinski definition) is 4. The topological polar surface area (TPSA) is 66.8 Å². The summed E-state index contributed by atoms with van der Waals surface area (Å²) in [6.45, 7) is 1.09. The summed E-state index contributed by atoms with van der Waals surface area (Å²) in [6, 6.07) is 6.69. The molecule has 17 heavy (non-hydrogen) atoms. The van der Waals surface area contributed by atoms with E-state index in [2.05, 4.69) is 11.2 Å². The van der Waals surface area contributed by atoms with Crippen LogP contribution in [0.3, 0.4) is 0 Å². The molecular weight excluding hydrogens is 240 g/mol. The first-order chi connectivity index (χ1) is 8.14. The smallest absolute Gasteiger partial charge is 0.207 e. The van der Waals surface area contributed by atoms with Crippen molar-refractivity contribution >= 4 is 15.7 Å². The predicted octanol–water partition coefficient (Wildman–Crippen LogP) is 2.06. The van der Waals surface area contributed by atoms with E-state index in [1.54, 1.807) is 0 Å².